The van der Waals surface area contributed by atoms with E-state index in [9.17, 15) is 20.6 Å². The standard InChI is InChI=1S/2C15H23NO2.C15H19NO2.C9H9NO.ClH/c3*1-18-13-7-5-12(6-8-13)14(11-16)15(17)9-3-2-4-10-15;1-11-9-4-2-8(3-5-9)6-7-10;/h2*5-8,14,17H,2-4,9-11,16H2,1H3;5-8,14,17H,2-4,9-10H2,1H3;2-5H,6H2,1H3;1H. The first-order valence-electron chi connectivity index (χ1n) is 23.3. The molecule has 7 rings (SSSR count). The molecule has 0 radical (unpaired) electrons. The molecule has 66 heavy (non-hydrogen) atoms. The van der Waals surface area contributed by atoms with E-state index in [4.69, 9.17) is 35.7 Å². The van der Waals surface area contributed by atoms with Gasteiger partial charge >= 0.3 is 0 Å². The van der Waals surface area contributed by atoms with Gasteiger partial charge in [-0.2, -0.15) is 10.5 Å². The molecule has 3 aliphatic carbocycles. The van der Waals surface area contributed by atoms with E-state index in [-0.39, 0.29) is 24.2 Å². The van der Waals surface area contributed by atoms with Gasteiger partial charge in [-0.15, -0.1) is 12.4 Å². The summed E-state index contributed by atoms with van der Waals surface area (Å²) in [4.78, 5) is 0. The van der Waals surface area contributed by atoms with E-state index in [0.29, 0.717) is 19.5 Å². The fourth-order valence-corrected chi connectivity index (χ4v) is 9.62. The number of nitrogens with zero attached hydrogens (tertiary/aromatic N) is 2. The summed E-state index contributed by atoms with van der Waals surface area (Å²) in [6.07, 6.45) is 15.4. The smallest absolute Gasteiger partial charge is 0.118 e. The Hall–Kier alpha value is -4.85. The number of methoxy groups -OCH3 is 4. The predicted octanol–water partition coefficient (Wildman–Crippen LogP) is 10.0. The number of benzene rings is 4. The van der Waals surface area contributed by atoms with E-state index >= 15 is 0 Å². The number of aliphatic hydroxyl groups is 3. The van der Waals surface area contributed by atoms with Crippen molar-refractivity contribution in [1.82, 2.24) is 0 Å². The van der Waals surface area contributed by atoms with Gasteiger partial charge in [0.1, 0.15) is 23.0 Å². The van der Waals surface area contributed by atoms with Crippen LogP contribution in [-0.2, 0) is 6.42 Å². The van der Waals surface area contributed by atoms with E-state index in [0.717, 1.165) is 129 Å². The first-order valence-corrected chi connectivity index (χ1v) is 23.3. The van der Waals surface area contributed by atoms with Crippen LogP contribution in [0.25, 0.3) is 0 Å². The number of nitriles is 2. The maximum Gasteiger partial charge on any atom is 0.118 e. The monoisotopic (exact) mass is 927 g/mol. The van der Waals surface area contributed by atoms with Gasteiger partial charge in [0, 0.05) is 24.9 Å². The maximum absolute atomic E-state index is 10.8. The maximum atomic E-state index is 10.8. The first-order chi connectivity index (χ1) is 31.4. The minimum atomic E-state index is -0.860. The molecule has 0 aliphatic heterocycles. The SMILES string of the molecule is COc1ccc(C(C#N)C2(O)CCCCC2)cc1.COc1ccc(C(CN)C2(O)CCCCC2)cc1.COc1ccc(C(CN)C2(O)CCCCC2)cc1.COc1ccc(CC#N)cc1.Cl. The summed E-state index contributed by atoms with van der Waals surface area (Å²) >= 11 is 0. The summed E-state index contributed by atoms with van der Waals surface area (Å²) < 4.78 is 20.4. The Morgan fingerprint density at radius 2 is 0.758 bits per heavy atom. The summed E-state index contributed by atoms with van der Waals surface area (Å²) in [6.45, 7) is 0.978. The zero-order valence-electron chi connectivity index (χ0n) is 39.6. The fraction of sp³-hybridized carbons (Fsp3) is 0.519. The second-order valence-corrected chi connectivity index (χ2v) is 17.6. The van der Waals surface area contributed by atoms with E-state index in [1.165, 1.54) is 12.8 Å². The van der Waals surface area contributed by atoms with E-state index < -0.39 is 22.7 Å². The average Bonchev–Trinajstić information content (AvgIpc) is 3.34. The van der Waals surface area contributed by atoms with Crippen molar-refractivity contribution in [2.75, 3.05) is 41.5 Å². The van der Waals surface area contributed by atoms with Crippen molar-refractivity contribution in [2.45, 2.75) is 137 Å². The Morgan fingerprint density at radius 1 is 0.470 bits per heavy atom. The van der Waals surface area contributed by atoms with Gasteiger partial charge in [-0.1, -0.05) is 106 Å². The average molecular weight is 928 g/mol. The van der Waals surface area contributed by atoms with Crippen LogP contribution < -0.4 is 30.4 Å². The van der Waals surface area contributed by atoms with Gasteiger partial charge in [-0.3, -0.25) is 0 Å². The van der Waals surface area contributed by atoms with E-state index in [1.807, 2.05) is 97.1 Å². The third-order valence-electron chi connectivity index (χ3n) is 13.5. The van der Waals surface area contributed by atoms with Crippen LogP contribution >= 0.6 is 12.4 Å². The normalized spacial score (nSPS) is 18.0. The lowest BCUT2D eigenvalue weighted by Gasteiger charge is -2.39. The molecular formula is C54H75ClN4O7. The highest BCUT2D eigenvalue weighted by atomic mass is 35.5. The molecule has 3 unspecified atom stereocenters. The zero-order valence-corrected chi connectivity index (χ0v) is 40.4. The van der Waals surface area contributed by atoms with Gasteiger partial charge in [0.15, 0.2) is 0 Å². The summed E-state index contributed by atoms with van der Waals surface area (Å²) in [5.74, 6) is 2.89. The second kappa shape index (κ2) is 28.4. The number of hydrogen-bond acceptors (Lipinski definition) is 11. The Kier molecular flexibility index (Phi) is 23.8. The number of hydrogen-bond donors (Lipinski definition) is 5. The van der Waals surface area contributed by atoms with Crippen molar-refractivity contribution >= 4 is 12.4 Å². The predicted molar refractivity (Wildman–Crippen MR) is 265 cm³/mol. The van der Waals surface area contributed by atoms with Crippen molar-refractivity contribution in [2.24, 2.45) is 11.5 Å². The van der Waals surface area contributed by atoms with Gasteiger partial charge in [0.25, 0.3) is 0 Å². The summed E-state index contributed by atoms with van der Waals surface area (Å²) in [5, 5.41) is 50.0. The highest BCUT2D eigenvalue weighted by molar-refractivity contribution is 5.85. The Balaban J connectivity index is 0.000000236. The van der Waals surface area contributed by atoms with Crippen LogP contribution in [0.15, 0.2) is 97.1 Å². The summed E-state index contributed by atoms with van der Waals surface area (Å²) in [5.41, 5.74) is 13.8. The molecule has 360 valence electrons. The largest absolute Gasteiger partial charge is 0.497 e. The number of halogens is 1. The van der Waals surface area contributed by atoms with Gasteiger partial charge in [-0.25, -0.2) is 0 Å². The topological polar surface area (TPSA) is 197 Å². The van der Waals surface area contributed by atoms with E-state index in [1.54, 1.807) is 28.4 Å². The molecule has 3 atom stereocenters. The minimum absolute atomic E-state index is 0. The lowest BCUT2D eigenvalue weighted by Crippen LogP contribution is -2.41. The van der Waals surface area contributed by atoms with Crippen LogP contribution in [0.4, 0.5) is 0 Å². The van der Waals surface area contributed by atoms with Gasteiger partial charge in [0.05, 0.1) is 69.7 Å². The highest BCUT2D eigenvalue weighted by Crippen LogP contribution is 2.42. The molecular weight excluding hydrogens is 852 g/mol. The molecule has 12 heteroatoms. The lowest BCUT2D eigenvalue weighted by atomic mass is 9.73. The molecule has 4 aromatic carbocycles. The molecule has 0 bridgehead atoms. The molecule has 4 aromatic rings. The Morgan fingerprint density at radius 3 is 1.03 bits per heavy atom. The second-order valence-electron chi connectivity index (χ2n) is 17.6. The van der Waals surface area contributed by atoms with Crippen LogP contribution in [-0.4, -0.2) is 73.7 Å². The number of ether oxygens (including phenoxy) is 4. The lowest BCUT2D eigenvalue weighted by molar-refractivity contribution is -0.0197. The summed E-state index contributed by atoms with van der Waals surface area (Å²) in [6, 6.07) is 35.1. The number of rotatable bonds is 13. The fourth-order valence-electron chi connectivity index (χ4n) is 9.62. The summed E-state index contributed by atoms with van der Waals surface area (Å²) in [7, 11) is 6.55. The molecule has 3 saturated carbocycles. The highest BCUT2D eigenvalue weighted by Gasteiger charge is 2.40. The van der Waals surface area contributed by atoms with Gasteiger partial charge < -0.3 is 45.7 Å². The van der Waals surface area contributed by atoms with Crippen molar-refractivity contribution in [3.8, 4) is 35.1 Å². The van der Waals surface area contributed by atoms with Crippen LogP contribution in [0, 0.1) is 22.7 Å². The van der Waals surface area contributed by atoms with Crippen LogP contribution in [0.2, 0.25) is 0 Å². The number of nitrogens with two attached hydrogens (primary N) is 2. The van der Waals surface area contributed by atoms with Crippen LogP contribution in [0.3, 0.4) is 0 Å². The first kappa shape index (κ1) is 55.5. The molecule has 11 nitrogen and oxygen atoms in total. The van der Waals surface area contributed by atoms with Gasteiger partial charge in [-0.05, 0) is 109 Å². The van der Waals surface area contributed by atoms with Crippen LogP contribution in [0.1, 0.15) is 136 Å². The molecule has 0 spiro atoms. The van der Waals surface area contributed by atoms with Crippen molar-refractivity contribution < 1.29 is 34.3 Å². The van der Waals surface area contributed by atoms with Crippen molar-refractivity contribution in [3.05, 3.63) is 119 Å². The molecule has 0 amide bonds. The molecule has 0 aromatic heterocycles. The third kappa shape index (κ3) is 15.9. The van der Waals surface area contributed by atoms with Crippen molar-refractivity contribution in [1.29, 1.82) is 10.5 Å². The van der Waals surface area contributed by atoms with Gasteiger partial charge in [0.2, 0.25) is 0 Å². The molecule has 3 fully saturated rings. The minimum Gasteiger partial charge on any atom is -0.497 e. The quantitative estimate of drug-likeness (QED) is 0.0856. The Bertz CT molecular complexity index is 1940. The zero-order chi connectivity index (χ0) is 47.1. The van der Waals surface area contributed by atoms with Crippen LogP contribution in [0.5, 0.6) is 23.0 Å². The molecule has 0 saturated heterocycles. The van der Waals surface area contributed by atoms with Crippen molar-refractivity contribution in [3.63, 3.8) is 0 Å². The molecule has 3 aliphatic rings. The Labute approximate surface area is 400 Å². The molecule has 0 heterocycles. The van der Waals surface area contributed by atoms with E-state index in [2.05, 4.69) is 12.1 Å². The third-order valence-corrected chi connectivity index (χ3v) is 13.5. The molecule has 7 N–H and O–H groups in total.